The molecule has 1 atom stereocenters. The van der Waals surface area contributed by atoms with E-state index < -0.39 is 0 Å². The van der Waals surface area contributed by atoms with Gasteiger partial charge >= 0.3 is 0 Å². The fourth-order valence-corrected chi connectivity index (χ4v) is 1.73. The number of nitrogens with two attached hydrogens (primary N) is 1. The van der Waals surface area contributed by atoms with Crippen LogP contribution in [0.25, 0.3) is 0 Å². The van der Waals surface area contributed by atoms with Crippen molar-refractivity contribution in [1.82, 2.24) is 5.32 Å². The average molecular weight is 162 g/mol. The van der Waals surface area contributed by atoms with Gasteiger partial charge in [0, 0.05) is 18.3 Å². The molecule has 0 aromatic heterocycles. The highest BCUT2D eigenvalue weighted by atomic mass is 14.9. The minimum atomic E-state index is 0.558. The van der Waals surface area contributed by atoms with Gasteiger partial charge in [-0.15, -0.1) is 0 Å². The molecule has 2 nitrogen and oxygen atoms in total. The molecule has 3 N–H and O–H groups in total. The summed E-state index contributed by atoms with van der Waals surface area (Å²) < 4.78 is 0. The van der Waals surface area contributed by atoms with Gasteiger partial charge in [0.25, 0.3) is 0 Å². The fourth-order valence-electron chi connectivity index (χ4n) is 1.73. The molecular formula is C10H14N2. The van der Waals surface area contributed by atoms with Crippen LogP contribution in [-0.2, 0) is 13.0 Å². The van der Waals surface area contributed by atoms with E-state index in [2.05, 4.69) is 18.3 Å². The molecule has 0 saturated carbocycles. The second kappa shape index (κ2) is 2.79. The molecule has 0 radical (unpaired) electrons. The summed E-state index contributed by atoms with van der Waals surface area (Å²) in [5, 5.41) is 3.41. The van der Waals surface area contributed by atoms with Crippen molar-refractivity contribution in [3.8, 4) is 0 Å². The Balaban J connectivity index is 2.43. The van der Waals surface area contributed by atoms with Gasteiger partial charge in [0.2, 0.25) is 0 Å². The van der Waals surface area contributed by atoms with Crippen molar-refractivity contribution in [3.63, 3.8) is 0 Å². The monoisotopic (exact) mass is 162 g/mol. The van der Waals surface area contributed by atoms with Crippen LogP contribution >= 0.6 is 0 Å². The van der Waals surface area contributed by atoms with Crippen molar-refractivity contribution < 1.29 is 0 Å². The normalized spacial score (nSPS) is 21.9. The van der Waals surface area contributed by atoms with Crippen molar-refractivity contribution in [3.05, 3.63) is 29.3 Å². The Kier molecular flexibility index (Phi) is 1.77. The van der Waals surface area contributed by atoms with E-state index in [-0.39, 0.29) is 0 Å². The highest BCUT2D eigenvalue weighted by Gasteiger charge is 2.15. The predicted octanol–water partition coefficient (Wildman–Crippen LogP) is 1.30. The van der Waals surface area contributed by atoms with Gasteiger partial charge in [-0.3, -0.25) is 0 Å². The van der Waals surface area contributed by atoms with Crippen molar-refractivity contribution in [2.45, 2.75) is 25.9 Å². The van der Waals surface area contributed by atoms with Gasteiger partial charge in [-0.25, -0.2) is 0 Å². The summed E-state index contributed by atoms with van der Waals surface area (Å²) in [6, 6.07) is 6.70. The first-order chi connectivity index (χ1) is 5.77. The Hall–Kier alpha value is -1.02. The van der Waals surface area contributed by atoms with Crippen LogP contribution in [0.15, 0.2) is 18.2 Å². The molecule has 12 heavy (non-hydrogen) atoms. The smallest absolute Gasteiger partial charge is 0.0350 e. The standard InChI is InChI=1S/C10H14N2/c1-7-5-9-8(6-12-7)3-2-4-10(9)11/h2-4,7,12H,5-6,11H2,1H3. The van der Waals surface area contributed by atoms with Gasteiger partial charge in [-0.1, -0.05) is 12.1 Å². The van der Waals surface area contributed by atoms with Crippen LogP contribution in [0.4, 0.5) is 5.69 Å². The Labute approximate surface area is 72.8 Å². The Morgan fingerprint density at radius 3 is 3.17 bits per heavy atom. The van der Waals surface area contributed by atoms with Gasteiger partial charge in [0.15, 0.2) is 0 Å². The van der Waals surface area contributed by atoms with E-state index in [0.29, 0.717) is 6.04 Å². The first-order valence-electron chi connectivity index (χ1n) is 4.37. The Morgan fingerprint density at radius 2 is 2.33 bits per heavy atom. The minimum absolute atomic E-state index is 0.558. The Morgan fingerprint density at radius 1 is 1.50 bits per heavy atom. The summed E-state index contributed by atoms with van der Waals surface area (Å²) in [5.41, 5.74) is 9.51. The number of anilines is 1. The number of benzene rings is 1. The lowest BCUT2D eigenvalue weighted by molar-refractivity contribution is 0.514. The maximum atomic E-state index is 5.88. The van der Waals surface area contributed by atoms with Crippen molar-refractivity contribution in [1.29, 1.82) is 0 Å². The molecule has 64 valence electrons. The number of nitrogen functional groups attached to an aromatic ring is 1. The molecule has 0 amide bonds. The summed E-state index contributed by atoms with van der Waals surface area (Å²) in [6.45, 7) is 3.15. The van der Waals surface area contributed by atoms with Gasteiger partial charge in [0.1, 0.15) is 0 Å². The van der Waals surface area contributed by atoms with Gasteiger partial charge < -0.3 is 11.1 Å². The van der Waals surface area contributed by atoms with E-state index in [9.17, 15) is 0 Å². The number of nitrogens with one attached hydrogen (secondary N) is 1. The van der Waals surface area contributed by atoms with E-state index >= 15 is 0 Å². The average Bonchev–Trinajstić information content (AvgIpc) is 2.07. The number of fused-ring (bicyclic) bond motifs is 1. The summed E-state index contributed by atoms with van der Waals surface area (Å²) in [5.74, 6) is 0. The van der Waals surface area contributed by atoms with Crippen LogP contribution in [-0.4, -0.2) is 6.04 Å². The largest absolute Gasteiger partial charge is 0.398 e. The van der Waals surface area contributed by atoms with E-state index in [0.717, 1.165) is 18.7 Å². The summed E-state index contributed by atoms with van der Waals surface area (Å²) in [4.78, 5) is 0. The molecule has 1 aliphatic heterocycles. The number of hydrogen-bond acceptors (Lipinski definition) is 2. The number of hydrogen-bond donors (Lipinski definition) is 2. The SMILES string of the molecule is CC1Cc2c(N)cccc2CN1. The topological polar surface area (TPSA) is 38.0 Å². The van der Waals surface area contributed by atoms with Crippen LogP contribution < -0.4 is 11.1 Å². The minimum Gasteiger partial charge on any atom is -0.398 e. The van der Waals surface area contributed by atoms with E-state index in [1.807, 2.05) is 12.1 Å². The maximum Gasteiger partial charge on any atom is 0.0350 e. The second-order valence-corrected chi connectivity index (χ2v) is 3.47. The zero-order valence-electron chi connectivity index (χ0n) is 7.30. The van der Waals surface area contributed by atoms with E-state index in [4.69, 9.17) is 5.73 Å². The van der Waals surface area contributed by atoms with Crippen molar-refractivity contribution >= 4 is 5.69 Å². The summed E-state index contributed by atoms with van der Waals surface area (Å²) >= 11 is 0. The molecule has 1 aliphatic rings. The lowest BCUT2D eigenvalue weighted by atomic mass is 9.95. The lowest BCUT2D eigenvalue weighted by Gasteiger charge is -2.24. The molecule has 0 spiro atoms. The third-order valence-corrected chi connectivity index (χ3v) is 2.46. The molecule has 0 saturated heterocycles. The molecule has 1 aromatic rings. The maximum absolute atomic E-state index is 5.88. The van der Waals surface area contributed by atoms with E-state index in [1.165, 1.54) is 11.1 Å². The molecule has 2 heteroatoms. The zero-order chi connectivity index (χ0) is 8.55. The third kappa shape index (κ3) is 1.18. The Bertz CT molecular complexity index is 294. The van der Waals surface area contributed by atoms with Crippen LogP contribution in [0.5, 0.6) is 0 Å². The highest BCUT2D eigenvalue weighted by Crippen LogP contribution is 2.22. The molecule has 0 fully saturated rings. The third-order valence-electron chi connectivity index (χ3n) is 2.46. The molecule has 1 unspecified atom stereocenters. The molecular weight excluding hydrogens is 148 g/mol. The molecule has 0 bridgehead atoms. The molecule has 1 aromatic carbocycles. The summed E-state index contributed by atoms with van der Waals surface area (Å²) in [7, 11) is 0. The van der Waals surface area contributed by atoms with Gasteiger partial charge in [-0.05, 0) is 30.5 Å². The van der Waals surface area contributed by atoms with Crippen molar-refractivity contribution in [2.24, 2.45) is 0 Å². The number of rotatable bonds is 0. The fraction of sp³-hybridized carbons (Fsp3) is 0.400. The van der Waals surface area contributed by atoms with Gasteiger partial charge in [-0.2, -0.15) is 0 Å². The first-order valence-corrected chi connectivity index (χ1v) is 4.37. The first kappa shape index (κ1) is 7.62. The van der Waals surface area contributed by atoms with Crippen LogP contribution in [0.1, 0.15) is 18.1 Å². The van der Waals surface area contributed by atoms with Crippen LogP contribution in [0.2, 0.25) is 0 Å². The van der Waals surface area contributed by atoms with Crippen LogP contribution in [0.3, 0.4) is 0 Å². The predicted molar refractivity (Wildman–Crippen MR) is 50.9 cm³/mol. The van der Waals surface area contributed by atoms with Crippen molar-refractivity contribution in [2.75, 3.05) is 5.73 Å². The molecule has 1 heterocycles. The highest BCUT2D eigenvalue weighted by molar-refractivity contribution is 5.52. The zero-order valence-corrected chi connectivity index (χ0v) is 7.30. The lowest BCUT2D eigenvalue weighted by Crippen LogP contribution is -2.33. The molecule has 2 rings (SSSR count). The van der Waals surface area contributed by atoms with Crippen LogP contribution in [0, 0.1) is 0 Å². The molecule has 0 aliphatic carbocycles. The van der Waals surface area contributed by atoms with Gasteiger partial charge in [0.05, 0.1) is 0 Å². The quantitative estimate of drug-likeness (QED) is 0.564. The van der Waals surface area contributed by atoms with E-state index in [1.54, 1.807) is 0 Å². The summed E-state index contributed by atoms with van der Waals surface area (Å²) in [6.07, 6.45) is 1.06. The second-order valence-electron chi connectivity index (χ2n) is 3.47.